The van der Waals surface area contributed by atoms with Gasteiger partial charge in [-0.25, -0.2) is 4.39 Å². The van der Waals surface area contributed by atoms with Crippen LogP contribution < -0.4 is 0 Å². The molecule has 3 rings (SSSR count). The second kappa shape index (κ2) is 9.16. The Morgan fingerprint density at radius 1 is 1.10 bits per heavy atom. The molecule has 1 aliphatic heterocycles. The summed E-state index contributed by atoms with van der Waals surface area (Å²) >= 11 is 0. The zero-order valence-electron chi connectivity index (χ0n) is 16.8. The third-order valence-electron chi connectivity index (χ3n) is 5.67. The molecule has 0 radical (unpaired) electrons. The molecule has 30 heavy (non-hydrogen) atoms. The SMILES string of the molecule is CCOC(=O)C1(Cc2cccc(C(F)(F)F)c2)CCN(Cc2ccccc2F)CC1. The van der Waals surface area contributed by atoms with E-state index in [0.717, 1.165) is 12.1 Å². The molecule has 0 aromatic heterocycles. The van der Waals surface area contributed by atoms with Crippen LogP contribution in [0.5, 0.6) is 0 Å². The predicted molar refractivity (Wildman–Crippen MR) is 105 cm³/mol. The highest BCUT2D eigenvalue weighted by Gasteiger charge is 2.43. The highest BCUT2D eigenvalue weighted by atomic mass is 19.4. The number of benzene rings is 2. The van der Waals surface area contributed by atoms with Gasteiger partial charge >= 0.3 is 12.1 Å². The number of halogens is 4. The topological polar surface area (TPSA) is 29.5 Å². The summed E-state index contributed by atoms with van der Waals surface area (Å²) in [5.74, 6) is -0.656. The first-order chi connectivity index (χ1) is 14.2. The molecule has 3 nitrogen and oxygen atoms in total. The first-order valence-corrected chi connectivity index (χ1v) is 10.0. The lowest BCUT2D eigenvalue weighted by atomic mass is 9.73. The van der Waals surface area contributed by atoms with Gasteiger partial charge in [-0.15, -0.1) is 0 Å². The number of alkyl halides is 3. The van der Waals surface area contributed by atoms with Crippen molar-refractivity contribution in [2.45, 2.75) is 38.9 Å². The van der Waals surface area contributed by atoms with E-state index in [1.54, 1.807) is 31.2 Å². The van der Waals surface area contributed by atoms with Crippen molar-refractivity contribution in [2.75, 3.05) is 19.7 Å². The molecule has 0 amide bonds. The summed E-state index contributed by atoms with van der Waals surface area (Å²) in [4.78, 5) is 14.9. The quantitative estimate of drug-likeness (QED) is 0.471. The molecule has 0 bridgehead atoms. The van der Waals surface area contributed by atoms with E-state index < -0.39 is 17.2 Å². The minimum Gasteiger partial charge on any atom is -0.466 e. The smallest absolute Gasteiger partial charge is 0.416 e. The fourth-order valence-electron chi connectivity index (χ4n) is 3.99. The number of nitrogens with zero attached hydrogens (tertiary/aromatic N) is 1. The maximum atomic E-state index is 14.0. The van der Waals surface area contributed by atoms with Gasteiger partial charge in [0.2, 0.25) is 0 Å². The van der Waals surface area contributed by atoms with Crippen molar-refractivity contribution in [1.82, 2.24) is 4.90 Å². The molecule has 0 N–H and O–H groups in total. The number of ether oxygens (including phenoxy) is 1. The molecule has 1 saturated heterocycles. The van der Waals surface area contributed by atoms with E-state index in [1.807, 2.05) is 0 Å². The molecule has 0 spiro atoms. The van der Waals surface area contributed by atoms with Gasteiger partial charge in [-0.3, -0.25) is 9.69 Å². The molecule has 1 fully saturated rings. The number of carbonyl (C=O) groups excluding carboxylic acids is 1. The summed E-state index contributed by atoms with van der Waals surface area (Å²) in [5, 5.41) is 0. The van der Waals surface area contributed by atoms with E-state index in [2.05, 4.69) is 4.90 Å². The van der Waals surface area contributed by atoms with Gasteiger partial charge in [0, 0.05) is 12.1 Å². The highest BCUT2D eigenvalue weighted by Crippen LogP contribution is 2.38. The predicted octanol–water partition coefficient (Wildman–Crippen LogP) is 5.23. The van der Waals surface area contributed by atoms with Crippen LogP contribution >= 0.6 is 0 Å². The van der Waals surface area contributed by atoms with Gasteiger partial charge in [0.05, 0.1) is 17.6 Å². The van der Waals surface area contributed by atoms with Crippen LogP contribution in [-0.4, -0.2) is 30.6 Å². The van der Waals surface area contributed by atoms with Gasteiger partial charge in [0.15, 0.2) is 0 Å². The Kier molecular flexibility index (Phi) is 6.81. The molecule has 0 unspecified atom stereocenters. The molecule has 1 heterocycles. The second-order valence-electron chi connectivity index (χ2n) is 7.74. The van der Waals surface area contributed by atoms with Crippen LogP contribution in [0.1, 0.15) is 36.5 Å². The van der Waals surface area contributed by atoms with Gasteiger partial charge in [-0.05, 0) is 57.0 Å². The maximum absolute atomic E-state index is 14.0. The summed E-state index contributed by atoms with van der Waals surface area (Å²) in [6.07, 6.45) is -3.37. The Morgan fingerprint density at radius 2 is 1.80 bits per heavy atom. The Labute approximate surface area is 173 Å². The number of carbonyl (C=O) groups is 1. The van der Waals surface area contributed by atoms with Crippen LogP contribution in [0, 0.1) is 11.2 Å². The molecule has 0 saturated carbocycles. The van der Waals surface area contributed by atoms with Gasteiger partial charge < -0.3 is 4.74 Å². The van der Waals surface area contributed by atoms with Crippen molar-refractivity contribution in [1.29, 1.82) is 0 Å². The number of esters is 1. The number of likely N-dealkylation sites (tertiary alicyclic amines) is 1. The molecule has 2 aromatic rings. The zero-order valence-corrected chi connectivity index (χ0v) is 16.8. The fraction of sp³-hybridized carbons (Fsp3) is 0.435. The molecule has 2 aromatic carbocycles. The summed E-state index contributed by atoms with van der Waals surface area (Å²) in [5.41, 5.74) is -0.568. The van der Waals surface area contributed by atoms with Crippen LogP contribution in [0.25, 0.3) is 0 Å². The van der Waals surface area contributed by atoms with E-state index in [0.29, 0.717) is 43.6 Å². The lowest BCUT2D eigenvalue weighted by Crippen LogP contribution is -2.46. The van der Waals surface area contributed by atoms with E-state index in [1.165, 1.54) is 12.1 Å². The van der Waals surface area contributed by atoms with E-state index in [4.69, 9.17) is 4.74 Å². The number of hydrogen-bond donors (Lipinski definition) is 0. The highest BCUT2D eigenvalue weighted by molar-refractivity contribution is 5.77. The minimum absolute atomic E-state index is 0.184. The summed E-state index contributed by atoms with van der Waals surface area (Å²) in [6, 6.07) is 11.7. The van der Waals surface area contributed by atoms with Crippen molar-refractivity contribution < 1.29 is 27.1 Å². The summed E-state index contributed by atoms with van der Waals surface area (Å²) in [7, 11) is 0. The minimum atomic E-state index is -4.43. The summed E-state index contributed by atoms with van der Waals surface area (Å²) < 4.78 is 58.5. The van der Waals surface area contributed by atoms with Crippen LogP contribution in [0.4, 0.5) is 17.6 Å². The van der Waals surface area contributed by atoms with Crippen molar-refractivity contribution >= 4 is 5.97 Å². The monoisotopic (exact) mass is 423 g/mol. The summed E-state index contributed by atoms with van der Waals surface area (Å²) in [6.45, 7) is 3.42. The van der Waals surface area contributed by atoms with Crippen LogP contribution in [0.2, 0.25) is 0 Å². The van der Waals surface area contributed by atoms with Crippen molar-refractivity contribution in [3.8, 4) is 0 Å². The first-order valence-electron chi connectivity index (χ1n) is 10.0. The van der Waals surface area contributed by atoms with Crippen LogP contribution in [-0.2, 0) is 28.7 Å². The van der Waals surface area contributed by atoms with Crippen molar-refractivity contribution in [3.63, 3.8) is 0 Å². The normalized spacial score (nSPS) is 17.0. The first kappa shape index (κ1) is 22.3. The molecule has 162 valence electrons. The number of rotatable bonds is 6. The van der Waals surface area contributed by atoms with Crippen LogP contribution in [0.15, 0.2) is 48.5 Å². The van der Waals surface area contributed by atoms with E-state index in [-0.39, 0.29) is 24.8 Å². The zero-order chi connectivity index (χ0) is 21.8. The number of piperidine rings is 1. The van der Waals surface area contributed by atoms with Gasteiger partial charge in [-0.1, -0.05) is 36.4 Å². The fourth-order valence-corrected chi connectivity index (χ4v) is 3.99. The standard InChI is InChI=1S/C23H25F4NO2/c1-2-30-21(29)22(15-17-6-5-8-19(14-17)23(25,26)27)10-12-28(13-11-22)16-18-7-3-4-9-20(18)24/h3-9,14H,2,10-13,15-16H2,1H3. The molecular formula is C23H25F4NO2. The van der Waals surface area contributed by atoms with Gasteiger partial charge in [0.25, 0.3) is 0 Å². The van der Waals surface area contributed by atoms with E-state index >= 15 is 0 Å². The second-order valence-corrected chi connectivity index (χ2v) is 7.74. The maximum Gasteiger partial charge on any atom is 0.416 e. The Balaban J connectivity index is 1.76. The molecule has 1 aliphatic rings. The number of hydrogen-bond acceptors (Lipinski definition) is 3. The van der Waals surface area contributed by atoms with Crippen LogP contribution in [0.3, 0.4) is 0 Å². The Hall–Kier alpha value is -2.41. The van der Waals surface area contributed by atoms with Gasteiger partial charge in [-0.2, -0.15) is 13.2 Å². The van der Waals surface area contributed by atoms with Gasteiger partial charge in [0.1, 0.15) is 5.82 Å². The van der Waals surface area contributed by atoms with Crippen molar-refractivity contribution in [2.24, 2.45) is 5.41 Å². The molecule has 0 aliphatic carbocycles. The molecule has 0 atom stereocenters. The average molecular weight is 423 g/mol. The lowest BCUT2D eigenvalue weighted by molar-refractivity contribution is -0.158. The Morgan fingerprint density at radius 3 is 2.43 bits per heavy atom. The average Bonchev–Trinajstić information content (AvgIpc) is 2.71. The third-order valence-corrected chi connectivity index (χ3v) is 5.67. The lowest BCUT2D eigenvalue weighted by Gasteiger charge is -2.40. The van der Waals surface area contributed by atoms with Crippen molar-refractivity contribution in [3.05, 3.63) is 71.0 Å². The molecule has 7 heteroatoms. The molecular weight excluding hydrogens is 398 g/mol. The van der Waals surface area contributed by atoms with E-state index in [9.17, 15) is 22.4 Å². The third kappa shape index (κ3) is 5.19. The largest absolute Gasteiger partial charge is 0.466 e. The Bertz CT molecular complexity index is 874.